The zero-order valence-corrected chi connectivity index (χ0v) is 5.26. The van der Waals surface area contributed by atoms with Crippen LogP contribution in [0.15, 0.2) is 15.2 Å². The summed E-state index contributed by atoms with van der Waals surface area (Å²) in [6.07, 6.45) is 0. The van der Waals surface area contributed by atoms with Gasteiger partial charge >= 0.3 is 5.97 Å². The van der Waals surface area contributed by atoms with Crippen molar-refractivity contribution < 1.29 is 14.7 Å². The zero-order valence-electron chi connectivity index (χ0n) is 5.26. The minimum Gasteiger partial charge on any atom is -0.479 e. The summed E-state index contributed by atoms with van der Waals surface area (Å²) in [5.74, 6) is -2.59. The van der Waals surface area contributed by atoms with Crippen molar-refractivity contribution >= 4 is 17.8 Å². The fourth-order valence-corrected chi connectivity index (χ4v) is 0.518. The Kier molecular flexibility index (Phi) is 1.63. The van der Waals surface area contributed by atoms with Gasteiger partial charge in [-0.2, -0.15) is 10.1 Å². The number of carbonyl (C=O) groups excluding carboxylic acids is 1. The van der Waals surface area contributed by atoms with E-state index in [9.17, 15) is 9.59 Å². The molecule has 7 heteroatoms. The third-order valence-electron chi connectivity index (χ3n) is 0.968. The van der Waals surface area contributed by atoms with Gasteiger partial charge in [-0.3, -0.25) is 4.79 Å². The highest BCUT2D eigenvalue weighted by Gasteiger charge is 2.28. The minimum atomic E-state index is -1.53. The Morgan fingerprint density at radius 1 is 1.64 bits per heavy atom. The number of hydrogen-bond acceptors (Lipinski definition) is 5. The minimum absolute atomic E-state index is 0.312. The van der Waals surface area contributed by atoms with Crippen molar-refractivity contribution in [2.75, 3.05) is 0 Å². The molecule has 0 aromatic rings. The molecule has 1 rings (SSSR count). The third-order valence-corrected chi connectivity index (χ3v) is 0.968. The molecule has 0 aliphatic carbocycles. The van der Waals surface area contributed by atoms with Crippen LogP contribution in [0.25, 0.3) is 0 Å². The largest absolute Gasteiger partial charge is 0.479 e. The van der Waals surface area contributed by atoms with Crippen molar-refractivity contribution in [2.45, 2.75) is 6.04 Å². The molecule has 0 aromatic carbocycles. The van der Waals surface area contributed by atoms with Crippen LogP contribution < -0.4 is 5.73 Å². The summed E-state index contributed by atoms with van der Waals surface area (Å²) < 4.78 is 0. The van der Waals surface area contributed by atoms with Crippen LogP contribution in [-0.2, 0) is 9.59 Å². The number of azo groups is 1. The van der Waals surface area contributed by atoms with E-state index in [0.29, 0.717) is 0 Å². The number of hydrogen-bond donors (Lipinski definition) is 2. The number of guanidine groups is 1. The summed E-state index contributed by atoms with van der Waals surface area (Å²) in [4.78, 5) is 23.9. The first-order valence-electron chi connectivity index (χ1n) is 2.63. The number of carboxylic acids is 1. The predicted octanol–water partition coefficient (Wildman–Crippen LogP) is -1.25. The molecule has 0 saturated carbocycles. The van der Waals surface area contributed by atoms with Crippen LogP contribution in [0.2, 0.25) is 0 Å². The zero-order chi connectivity index (χ0) is 8.43. The van der Waals surface area contributed by atoms with E-state index in [-0.39, 0.29) is 5.96 Å². The second-order valence-electron chi connectivity index (χ2n) is 1.76. The first-order chi connectivity index (χ1) is 5.11. The average molecular weight is 156 g/mol. The van der Waals surface area contributed by atoms with Crippen molar-refractivity contribution in [2.24, 2.45) is 21.0 Å². The van der Waals surface area contributed by atoms with E-state index in [0.717, 1.165) is 0 Å². The number of carboxylic acid groups (broad SMARTS) is 1. The molecule has 0 fully saturated rings. The van der Waals surface area contributed by atoms with Crippen LogP contribution in [0.4, 0.5) is 0 Å². The van der Waals surface area contributed by atoms with E-state index in [1.807, 2.05) is 0 Å². The first-order valence-corrected chi connectivity index (χ1v) is 2.63. The van der Waals surface area contributed by atoms with Gasteiger partial charge < -0.3 is 10.8 Å². The molecule has 0 saturated heterocycles. The van der Waals surface area contributed by atoms with Gasteiger partial charge in [-0.05, 0) is 0 Å². The normalized spacial score (nSPS) is 23.1. The molecule has 3 N–H and O–H groups in total. The van der Waals surface area contributed by atoms with Crippen molar-refractivity contribution in [1.29, 1.82) is 0 Å². The average Bonchev–Trinajstić information content (AvgIpc) is 1.85. The third kappa shape index (κ3) is 1.37. The topological polar surface area (TPSA) is 117 Å². The maximum atomic E-state index is 10.6. The quantitative estimate of drug-likeness (QED) is 0.461. The van der Waals surface area contributed by atoms with Gasteiger partial charge in [0, 0.05) is 0 Å². The molecule has 0 aromatic heterocycles. The van der Waals surface area contributed by atoms with Crippen molar-refractivity contribution in [1.82, 2.24) is 0 Å². The van der Waals surface area contributed by atoms with Gasteiger partial charge in [0.2, 0.25) is 12.0 Å². The Labute approximate surface area is 60.6 Å². The van der Waals surface area contributed by atoms with Crippen LogP contribution in [-0.4, -0.2) is 29.0 Å². The maximum Gasteiger partial charge on any atom is 0.340 e. The lowest BCUT2D eigenvalue weighted by molar-refractivity contribution is -0.142. The molecule has 1 atom stereocenters. The van der Waals surface area contributed by atoms with E-state index in [4.69, 9.17) is 10.8 Å². The van der Waals surface area contributed by atoms with Crippen LogP contribution in [0, 0.1) is 0 Å². The monoisotopic (exact) mass is 156 g/mol. The fourth-order valence-electron chi connectivity index (χ4n) is 0.518. The Morgan fingerprint density at radius 2 is 2.27 bits per heavy atom. The summed E-state index contributed by atoms with van der Waals surface area (Å²) in [7, 11) is 0. The van der Waals surface area contributed by atoms with E-state index >= 15 is 0 Å². The Morgan fingerprint density at radius 3 is 2.73 bits per heavy atom. The van der Waals surface area contributed by atoms with E-state index in [1.165, 1.54) is 0 Å². The molecule has 0 radical (unpaired) electrons. The SMILES string of the molecule is NC1=NC(=O)C(C(=O)O)N=N1. The lowest BCUT2D eigenvalue weighted by Crippen LogP contribution is -2.31. The van der Waals surface area contributed by atoms with Crippen LogP contribution in [0.1, 0.15) is 0 Å². The molecular weight excluding hydrogens is 152 g/mol. The molecule has 0 bridgehead atoms. The smallest absolute Gasteiger partial charge is 0.340 e. The van der Waals surface area contributed by atoms with Crippen LogP contribution in [0.3, 0.4) is 0 Å². The number of amides is 1. The standard InChI is InChI=1S/C4H4N4O3/c5-4-6-2(9)1(3(10)11)7-8-4/h1H,(H,10,11)(H2,5,6,9). The highest BCUT2D eigenvalue weighted by molar-refractivity contribution is 6.07. The molecule has 58 valence electrons. The van der Waals surface area contributed by atoms with Gasteiger partial charge in [0.25, 0.3) is 5.91 Å². The van der Waals surface area contributed by atoms with Gasteiger partial charge in [-0.25, -0.2) is 4.79 Å². The van der Waals surface area contributed by atoms with E-state index < -0.39 is 17.9 Å². The summed E-state index contributed by atoms with van der Waals surface area (Å²) in [6, 6.07) is -1.53. The predicted molar refractivity (Wildman–Crippen MR) is 32.9 cm³/mol. The maximum absolute atomic E-state index is 10.6. The Balaban J connectivity index is 2.86. The molecule has 1 aliphatic heterocycles. The lowest BCUT2D eigenvalue weighted by atomic mass is 10.3. The second-order valence-corrected chi connectivity index (χ2v) is 1.76. The summed E-state index contributed by atoms with van der Waals surface area (Å²) >= 11 is 0. The molecular formula is C4H4N4O3. The van der Waals surface area contributed by atoms with Crippen LogP contribution in [0.5, 0.6) is 0 Å². The number of aliphatic imine (C=N–C) groups is 1. The highest BCUT2D eigenvalue weighted by Crippen LogP contribution is 2.01. The molecule has 1 aliphatic rings. The number of rotatable bonds is 1. The summed E-state index contributed by atoms with van der Waals surface area (Å²) in [5.41, 5.74) is 4.96. The second kappa shape index (κ2) is 2.45. The molecule has 7 nitrogen and oxygen atoms in total. The molecule has 1 heterocycles. The Hall–Kier alpha value is -1.79. The van der Waals surface area contributed by atoms with Gasteiger partial charge in [0.15, 0.2) is 0 Å². The molecule has 1 unspecified atom stereocenters. The molecule has 11 heavy (non-hydrogen) atoms. The highest BCUT2D eigenvalue weighted by atomic mass is 16.4. The van der Waals surface area contributed by atoms with Gasteiger partial charge in [-0.1, -0.05) is 0 Å². The summed E-state index contributed by atoms with van der Waals surface area (Å²) in [6.45, 7) is 0. The Bertz CT molecular complexity index is 269. The molecule has 0 spiro atoms. The number of nitrogens with two attached hydrogens (primary N) is 1. The van der Waals surface area contributed by atoms with Crippen molar-refractivity contribution in [3.8, 4) is 0 Å². The van der Waals surface area contributed by atoms with Crippen molar-refractivity contribution in [3.05, 3.63) is 0 Å². The molecule has 1 amide bonds. The van der Waals surface area contributed by atoms with E-state index in [2.05, 4.69) is 15.2 Å². The summed E-state index contributed by atoms with van der Waals surface area (Å²) in [5, 5.41) is 14.6. The fraction of sp³-hybridized carbons (Fsp3) is 0.250. The van der Waals surface area contributed by atoms with Crippen LogP contribution >= 0.6 is 0 Å². The number of nitrogens with zero attached hydrogens (tertiary/aromatic N) is 3. The first kappa shape index (κ1) is 7.32. The lowest BCUT2D eigenvalue weighted by Gasteiger charge is -2.04. The number of aliphatic carboxylic acids is 1. The van der Waals surface area contributed by atoms with Crippen molar-refractivity contribution in [3.63, 3.8) is 0 Å². The number of carbonyl (C=O) groups is 2. The van der Waals surface area contributed by atoms with Gasteiger partial charge in [-0.15, -0.1) is 5.11 Å². The van der Waals surface area contributed by atoms with Gasteiger partial charge in [0.1, 0.15) is 0 Å². The van der Waals surface area contributed by atoms with E-state index in [1.54, 1.807) is 0 Å². The van der Waals surface area contributed by atoms with Gasteiger partial charge in [0.05, 0.1) is 0 Å².